The van der Waals surface area contributed by atoms with Gasteiger partial charge in [0.15, 0.2) is 0 Å². The van der Waals surface area contributed by atoms with E-state index in [0.29, 0.717) is 17.3 Å². The van der Waals surface area contributed by atoms with Crippen LogP contribution in [0.2, 0.25) is 0 Å². The molecule has 0 unspecified atom stereocenters. The van der Waals surface area contributed by atoms with Gasteiger partial charge in [0, 0.05) is 23.4 Å². The maximum atomic E-state index is 6.25. The van der Waals surface area contributed by atoms with Crippen molar-refractivity contribution in [2.24, 2.45) is 0 Å². The van der Waals surface area contributed by atoms with Gasteiger partial charge >= 0.3 is 7.12 Å². The summed E-state index contributed by atoms with van der Waals surface area (Å²) in [5.41, 5.74) is 7.46. The second-order valence-corrected chi connectivity index (χ2v) is 7.43. The highest BCUT2D eigenvalue weighted by molar-refractivity contribution is 6.63. The standard InChI is InChI=1S/C19H21BN2O4/c1-18(2)19(3,4)26-20(25-18)14-6-5-12(11-15(14)21)24-17-13-8-10-23-16(13)7-9-22-17/h5-11H,21H2,1-4H3. The Labute approximate surface area is 152 Å². The Balaban J connectivity index is 1.60. The number of rotatable bonds is 3. The Bertz CT molecular complexity index is 951. The Morgan fingerprint density at radius 2 is 1.77 bits per heavy atom. The van der Waals surface area contributed by atoms with E-state index < -0.39 is 18.3 Å². The average molecular weight is 352 g/mol. The minimum atomic E-state index is -0.510. The van der Waals surface area contributed by atoms with Crippen LogP contribution in [0.4, 0.5) is 5.69 Å². The van der Waals surface area contributed by atoms with Crippen LogP contribution in [0, 0.1) is 0 Å². The van der Waals surface area contributed by atoms with Crippen LogP contribution in [-0.4, -0.2) is 23.3 Å². The molecule has 134 valence electrons. The number of nitrogen functional groups attached to an aromatic ring is 1. The van der Waals surface area contributed by atoms with Gasteiger partial charge in [0.05, 0.1) is 22.9 Å². The first-order chi connectivity index (χ1) is 12.3. The fourth-order valence-corrected chi connectivity index (χ4v) is 2.86. The van der Waals surface area contributed by atoms with Crippen LogP contribution < -0.4 is 15.9 Å². The predicted molar refractivity (Wildman–Crippen MR) is 101 cm³/mol. The van der Waals surface area contributed by atoms with Crippen molar-refractivity contribution in [3.8, 4) is 11.6 Å². The molecule has 6 nitrogen and oxygen atoms in total. The Morgan fingerprint density at radius 1 is 1.04 bits per heavy atom. The van der Waals surface area contributed by atoms with Gasteiger partial charge in [-0.25, -0.2) is 4.98 Å². The number of benzene rings is 1. The zero-order chi connectivity index (χ0) is 18.5. The van der Waals surface area contributed by atoms with Gasteiger partial charge in [-0.05, 0) is 45.9 Å². The maximum absolute atomic E-state index is 6.25. The van der Waals surface area contributed by atoms with Crippen LogP contribution in [0.3, 0.4) is 0 Å². The van der Waals surface area contributed by atoms with E-state index in [9.17, 15) is 0 Å². The summed E-state index contributed by atoms with van der Waals surface area (Å²) in [5, 5.41) is 0.807. The van der Waals surface area contributed by atoms with Gasteiger partial charge < -0.3 is 24.2 Å². The third-order valence-electron chi connectivity index (χ3n) is 5.12. The first kappa shape index (κ1) is 16.9. The second kappa shape index (κ2) is 5.76. The second-order valence-electron chi connectivity index (χ2n) is 7.43. The lowest BCUT2D eigenvalue weighted by Crippen LogP contribution is -2.41. The molecule has 7 heteroatoms. The van der Waals surface area contributed by atoms with Crippen LogP contribution in [0.5, 0.6) is 11.6 Å². The van der Waals surface area contributed by atoms with E-state index >= 15 is 0 Å². The number of aromatic nitrogens is 1. The molecule has 3 aromatic rings. The maximum Gasteiger partial charge on any atom is 0.496 e. The van der Waals surface area contributed by atoms with Gasteiger partial charge in [0.1, 0.15) is 11.3 Å². The van der Waals surface area contributed by atoms with Gasteiger partial charge in [-0.15, -0.1) is 0 Å². The third-order valence-corrected chi connectivity index (χ3v) is 5.12. The smallest absolute Gasteiger partial charge is 0.464 e. The predicted octanol–water partition coefficient (Wildman–Crippen LogP) is 3.50. The van der Waals surface area contributed by atoms with E-state index in [1.54, 1.807) is 24.6 Å². The summed E-state index contributed by atoms with van der Waals surface area (Å²) in [7, 11) is -0.510. The van der Waals surface area contributed by atoms with Crippen LogP contribution in [0.1, 0.15) is 27.7 Å². The number of ether oxygens (including phenoxy) is 1. The van der Waals surface area contributed by atoms with Gasteiger partial charge in [-0.2, -0.15) is 0 Å². The lowest BCUT2D eigenvalue weighted by Gasteiger charge is -2.32. The van der Waals surface area contributed by atoms with E-state index in [4.69, 9.17) is 24.2 Å². The highest BCUT2D eigenvalue weighted by Crippen LogP contribution is 2.37. The normalized spacial score (nSPS) is 18.4. The summed E-state index contributed by atoms with van der Waals surface area (Å²) in [4.78, 5) is 4.27. The van der Waals surface area contributed by atoms with Crippen molar-refractivity contribution in [1.82, 2.24) is 4.98 Å². The summed E-state index contributed by atoms with van der Waals surface area (Å²) < 4.78 is 23.4. The van der Waals surface area contributed by atoms with Gasteiger partial charge in [-0.3, -0.25) is 0 Å². The molecule has 0 bridgehead atoms. The molecule has 0 radical (unpaired) electrons. The number of pyridine rings is 1. The number of anilines is 1. The molecule has 0 aliphatic carbocycles. The van der Waals surface area contributed by atoms with E-state index in [0.717, 1.165) is 16.4 Å². The van der Waals surface area contributed by atoms with Crippen molar-refractivity contribution >= 4 is 29.2 Å². The summed E-state index contributed by atoms with van der Waals surface area (Å²) in [6.07, 6.45) is 3.25. The van der Waals surface area contributed by atoms with E-state index in [2.05, 4.69) is 4.98 Å². The third kappa shape index (κ3) is 2.73. The molecule has 1 aromatic carbocycles. The molecule has 26 heavy (non-hydrogen) atoms. The van der Waals surface area contributed by atoms with Crippen LogP contribution in [0.15, 0.2) is 47.2 Å². The number of hydrogen-bond acceptors (Lipinski definition) is 6. The molecular formula is C19H21BN2O4. The van der Waals surface area contributed by atoms with Crippen LogP contribution in [0.25, 0.3) is 11.0 Å². The van der Waals surface area contributed by atoms with Crippen molar-refractivity contribution in [3.63, 3.8) is 0 Å². The largest absolute Gasteiger partial charge is 0.496 e. The van der Waals surface area contributed by atoms with Crippen molar-refractivity contribution in [1.29, 1.82) is 0 Å². The van der Waals surface area contributed by atoms with E-state index in [1.807, 2.05) is 45.9 Å². The van der Waals surface area contributed by atoms with E-state index in [-0.39, 0.29) is 0 Å². The molecular weight excluding hydrogens is 331 g/mol. The minimum Gasteiger partial charge on any atom is -0.464 e. The Hall–Kier alpha value is -2.51. The Morgan fingerprint density at radius 3 is 2.46 bits per heavy atom. The topological polar surface area (TPSA) is 79.7 Å². The Kier molecular flexibility index (Phi) is 3.75. The fraction of sp³-hybridized carbons (Fsp3) is 0.316. The van der Waals surface area contributed by atoms with E-state index in [1.165, 1.54) is 0 Å². The van der Waals surface area contributed by atoms with Gasteiger partial charge in [-0.1, -0.05) is 6.07 Å². The van der Waals surface area contributed by atoms with Crippen LogP contribution in [-0.2, 0) is 9.31 Å². The summed E-state index contributed by atoms with van der Waals surface area (Å²) in [6, 6.07) is 9.05. The van der Waals surface area contributed by atoms with Crippen molar-refractivity contribution in [2.75, 3.05) is 5.73 Å². The molecule has 3 heterocycles. The van der Waals surface area contributed by atoms with Crippen molar-refractivity contribution < 1.29 is 18.5 Å². The van der Waals surface area contributed by atoms with Crippen molar-refractivity contribution in [3.05, 3.63) is 42.8 Å². The molecule has 1 saturated heterocycles. The van der Waals surface area contributed by atoms with Gasteiger partial charge in [0.25, 0.3) is 0 Å². The average Bonchev–Trinajstić information content (AvgIpc) is 3.10. The number of nitrogens with zero attached hydrogens (tertiary/aromatic N) is 1. The molecule has 0 spiro atoms. The molecule has 1 aliphatic rings. The molecule has 2 N–H and O–H groups in total. The van der Waals surface area contributed by atoms with Crippen LogP contribution >= 0.6 is 0 Å². The molecule has 2 aromatic heterocycles. The quantitative estimate of drug-likeness (QED) is 0.574. The van der Waals surface area contributed by atoms with Crippen molar-refractivity contribution in [2.45, 2.75) is 38.9 Å². The number of furan rings is 1. The summed E-state index contributed by atoms with van der Waals surface area (Å²) >= 11 is 0. The molecule has 1 fully saturated rings. The number of hydrogen-bond donors (Lipinski definition) is 1. The zero-order valence-corrected chi connectivity index (χ0v) is 15.3. The fourth-order valence-electron chi connectivity index (χ4n) is 2.86. The highest BCUT2D eigenvalue weighted by Gasteiger charge is 2.52. The molecule has 1 aliphatic heterocycles. The SMILES string of the molecule is CC1(C)OB(c2ccc(Oc3nccc4occc34)cc2N)OC1(C)C. The summed E-state index contributed by atoms with van der Waals surface area (Å²) in [5.74, 6) is 1.06. The first-order valence-electron chi connectivity index (χ1n) is 8.52. The minimum absolute atomic E-state index is 0.417. The molecule has 0 atom stereocenters. The lowest BCUT2D eigenvalue weighted by atomic mass is 9.78. The monoisotopic (exact) mass is 352 g/mol. The molecule has 4 rings (SSSR count). The molecule has 0 saturated carbocycles. The first-order valence-corrected chi connectivity index (χ1v) is 8.52. The number of nitrogens with two attached hydrogens (primary N) is 1. The molecule has 0 amide bonds. The highest BCUT2D eigenvalue weighted by atomic mass is 16.7. The lowest BCUT2D eigenvalue weighted by molar-refractivity contribution is 0.00578. The number of fused-ring (bicyclic) bond motifs is 1. The summed E-state index contributed by atoms with van der Waals surface area (Å²) in [6.45, 7) is 8.05. The van der Waals surface area contributed by atoms with Gasteiger partial charge in [0.2, 0.25) is 5.88 Å². The zero-order valence-electron chi connectivity index (χ0n) is 15.3.